The predicted octanol–water partition coefficient (Wildman–Crippen LogP) is 2.07. The van der Waals surface area contributed by atoms with Gasteiger partial charge in [0.25, 0.3) is 5.91 Å². The summed E-state index contributed by atoms with van der Waals surface area (Å²) in [6.45, 7) is 0.780. The monoisotopic (exact) mass is 457 g/mol. The Hall–Kier alpha value is -2.37. The summed E-state index contributed by atoms with van der Waals surface area (Å²) in [5, 5.41) is 6.30. The zero-order chi connectivity index (χ0) is 21.7. The molecule has 162 valence electrons. The number of hydrogen-bond acceptors (Lipinski definition) is 5. The molecule has 1 fully saturated rings. The van der Waals surface area contributed by atoms with E-state index in [4.69, 9.17) is 0 Å². The molecule has 1 aromatic carbocycles. The van der Waals surface area contributed by atoms with E-state index in [-0.39, 0.29) is 44.4 Å². The zero-order valence-electron chi connectivity index (χ0n) is 16.0. The third kappa shape index (κ3) is 5.21. The number of carbonyl (C=O) groups excluding carboxylic acids is 2. The van der Waals surface area contributed by atoms with Crippen molar-refractivity contribution in [1.82, 2.24) is 14.5 Å². The number of nitrogens with zero attached hydrogens (tertiary/aromatic N) is 2. The maximum Gasteiger partial charge on any atom is 0.252 e. The fourth-order valence-corrected chi connectivity index (χ4v) is 5.20. The number of piperazine rings is 1. The van der Waals surface area contributed by atoms with Crippen LogP contribution >= 0.6 is 11.3 Å². The van der Waals surface area contributed by atoms with E-state index in [1.807, 2.05) is 5.38 Å². The molecule has 1 aromatic heterocycles. The van der Waals surface area contributed by atoms with E-state index < -0.39 is 26.6 Å². The topological polar surface area (TPSA) is 86.8 Å². The summed E-state index contributed by atoms with van der Waals surface area (Å²) in [5.74, 6) is -2.31. The van der Waals surface area contributed by atoms with Gasteiger partial charge in [-0.2, -0.15) is 15.6 Å². The number of hydrogen-bond donors (Lipinski definition) is 1. The molecule has 1 N–H and O–H groups in total. The Kier molecular flexibility index (Phi) is 7.16. The number of benzene rings is 1. The quantitative estimate of drug-likeness (QED) is 0.645. The van der Waals surface area contributed by atoms with Crippen molar-refractivity contribution >= 4 is 33.2 Å². The first-order valence-corrected chi connectivity index (χ1v) is 11.7. The molecule has 0 saturated carbocycles. The van der Waals surface area contributed by atoms with Crippen molar-refractivity contribution in [2.75, 3.05) is 32.7 Å². The molecule has 0 bridgehead atoms. The number of amides is 2. The largest absolute Gasteiger partial charge is 0.352 e. The Morgan fingerprint density at radius 3 is 2.47 bits per heavy atom. The van der Waals surface area contributed by atoms with Crippen LogP contribution < -0.4 is 5.32 Å². The van der Waals surface area contributed by atoms with E-state index in [0.29, 0.717) is 24.6 Å². The van der Waals surface area contributed by atoms with Gasteiger partial charge in [-0.1, -0.05) is 0 Å². The second-order valence-corrected chi connectivity index (χ2v) is 9.42. The highest BCUT2D eigenvalue weighted by molar-refractivity contribution is 7.89. The van der Waals surface area contributed by atoms with Gasteiger partial charge in [0, 0.05) is 56.2 Å². The van der Waals surface area contributed by atoms with E-state index in [0.717, 1.165) is 16.4 Å². The van der Waals surface area contributed by atoms with E-state index >= 15 is 0 Å². The van der Waals surface area contributed by atoms with Crippen LogP contribution in [-0.4, -0.2) is 62.2 Å². The molecule has 11 heteroatoms. The Morgan fingerprint density at radius 1 is 1.10 bits per heavy atom. The minimum atomic E-state index is -4.10. The molecule has 0 aliphatic carbocycles. The summed E-state index contributed by atoms with van der Waals surface area (Å²) < 4.78 is 53.2. The molecule has 0 atom stereocenters. The summed E-state index contributed by atoms with van der Waals surface area (Å²) in [5.41, 5.74) is 0.584. The Bertz CT molecular complexity index is 1000. The predicted molar refractivity (Wildman–Crippen MR) is 108 cm³/mol. The van der Waals surface area contributed by atoms with E-state index in [1.165, 1.54) is 11.3 Å². The van der Waals surface area contributed by atoms with Crippen molar-refractivity contribution in [2.24, 2.45) is 0 Å². The smallest absolute Gasteiger partial charge is 0.252 e. The second-order valence-electron chi connectivity index (χ2n) is 6.73. The highest BCUT2D eigenvalue weighted by Crippen LogP contribution is 2.21. The fourth-order valence-electron chi connectivity index (χ4n) is 3.10. The Balaban J connectivity index is 1.45. The average Bonchev–Trinajstić information content (AvgIpc) is 3.25. The molecule has 1 aliphatic rings. The minimum absolute atomic E-state index is 0.0276. The molecule has 2 heterocycles. The molecule has 30 heavy (non-hydrogen) atoms. The third-order valence-corrected chi connectivity index (χ3v) is 7.35. The van der Waals surface area contributed by atoms with Crippen molar-refractivity contribution < 1.29 is 26.8 Å². The minimum Gasteiger partial charge on any atom is -0.352 e. The zero-order valence-corrected chi connectivity index (χ0v) is 17.6. The normalized spacial score (nSPS) is 15.2. The van der Waals surface area contributed by atoms with Crippen LogP contribution in [0, 0.1) is 11.6 Å². The third-order valence-electron chi connectivity index (χ3n) is 4.74. The number of thiophene rings is 1. The first kappa shape index (κ1) is 22.3. The van der Waals surface area contributed by atoms with E-state index in [9.17, 15) is 26.8 Å². The van der Waals surface area contributed by atoms with Crippen LogP contribution in [-0.2, 0) is 14.8 Å². The summed E-state index contributed by atoms with van der Waals surface area (Å²) >= 11 is 1.43. The SMILES string of the molecule is O=C(NCCCC(=O)N1CCN(S(=O)(=O)c2ccc(F)cc2F)CC1)c1ccsc1. The summed E-state index contributed by atoms with van der Waals surface area (Å²) in [4.78, 5) is 25.1. The molecule has 1 aliphatic heterocycles. The number of halogens is 2. The maximum atomic E-state index is 13.9. The lowest BCUT2D eigenvalue weighted by Gasteiger charge is -2.34. The lowest BCUT2D eigenvalue weighted by atomic mass is 10.2. The number of sulfonamides is 1. The van der Waals surface area contributed by atoms with Crippen LogP contribution in [0.1, 0.15) is 23.2 Å². The van der Waals surface area contributed by atoms with Crippen LogP contribution in [0.25, 0.3) is 0 Å². The maximum absolute atomic E-state index is 13.9. The molecular formula is C19H21F2N3O4S2. The van der Waals surface area contributed by atoms with Crippen LogP contribution in [0.3, 0.4) is 0 Å². The standard InChI is InChI=1S/C19H21F2N3O4S2/c20-15-3-4-17(16(21)12-15)30(27,28)24-9-7-23(8-10-24)18(25)2-1-6-22-19(26)14-5-11-29-13-14/h3-5,11-13H,1-2,6-10H2,(H,22,26). The van der Waals surface area contributed by atoms with Crippen molar-refractivity contribution in [3.8, 4) is 0 Å². The van der Waals surface area contributed by atoms with Crippen LogP contribution in [0.2, 0.25) is 0 Å². The Labute approximate surface area is 177 Å². The van der Waals surface area contributed by atoms with Gasteiger partial charge in [-0.05, 0) is 30.0 Å². The van der Waals surface area contributed by atoms with Gasteiger partial charge >= 0.3 is 0 Å². The van der Waals surface area contributed by atoms with Gasteiger partial charge in [-0.15, -0.1) is 0 Å². The van der Waals surface area contributed by atoms with Gasteiger partial charge in [0.2, 0.25) is 15.9 Å². The number of nitrogens with one attached hydrogen (secondary N) is 1. The van der Waals surface area contributed by atoms with Crippen LogP contribution in [0.15, 0.2) is 39.9 Å². The van der Waals surface area contributed by atoms with Gasteiger partial charge in [0.15, 0.2) is 0 Å². The molecule has 2 amide bonds. The first-order valence-electron chi connectivity index (χ1n) is 9.32. The van der Waals surface area contributed by atoms with Crippen molar-refractivity contribution in [3.05, 3.63) is 52.2 Å². The van der Waals surface area contributed by atoms with Gasteiger partial charge in [-0.25, -0.2) is 17.2 Å². The molecule has 0 unspecified atom stereocenters. The molecule has 2 aromatic rings. The van der Waals surface area contributed by atoms with Gasteiger partial charge in [0.05, 0.1) is 0 Å². The fraction of sp³-hybridized carbons (Fsp3) is 0.368. The first-order chi connectivity index (χ1) is 14.3. The molecular weight excluding hydrogens is 436 g/mol. The molecule has 0 radical (unpaired) electrons. The van der Waals surface area contributed by atoms with Crippen molar-refractivity contribution in [1.29, 1.82) is 0 Å². The second kappa shape index (κ2) is 9.63. The van der Waals surface area contributed by atoms with Crippen molar-refractivity contribution in [3.63, 3.8) is 0 Å². The molecule has 0 spiro atoms. The van der Waals surface area contributed by atoms with Gasteiger partial charge in [0.1, 0.15) is 16.5 Å². The number of rotatable bonds is 7. The average molecular weight is 458 g/mol. The van der Waals surface area contributed by atoms with Gasteiger partial charge in [-0.3, -0.25) is 9.59 Å². The molecule has 1 saturated heterocycles. The summed E-state index contributed by atoms with van der Waals surface area (Å²) in [6, 6.07) is 4.05. The lowest BCUT2D eigenvalue weighted by Crippen LogP contribution is -2.50. The summed E-state index contributed by atoms with van der Waals surface area (Å²) in [6.07, 6.45) is 0.692. The number of carbonyl (C=O) groups is 2. The van der Waals surface area contributed by atoms with Crippen LogP contribution in [0.5, 0.6) is 0 Å². The van der Waals surface area contributed by atoms with Gasteiger partial charge < -0.3 is 10.2 Å². The van der Waals surface area contributed by atoms with Crippen molar-refractivity contribution in [2.45, 2.75) is 17.7 Å². The Morgan fingerprint density at radius 2 is 1.83 bits per heavy atom. The van der Waals surface area contributed by atoms with Crippen LogP contribution in [0.4, 0.5) is 8.78 Å². The highest BCUT2D eigenvalue weighted by Gasteiger charge is 2.31. The lowest BCUT2D eigenvalue weighted by molar-refractivity contribution is -0.132. The molecule has 7 nitrogen and oxygen atoms in total. The van der Waals surface area contributed by atoms with E-state index in [1.54, 1.807) is 16.3 Å². The van der Waals surface area contributed by atoms with E-state index in [2.05, 4.69) is 5.32 Å². The molecule has 3 rings (SSSR count). The highest BCUT2D eigenvalue weighted by atomic mass is 32.2. The summed E-state index contributed by atoms with van der Waals surface area (Å²) in [7, 11) is -4.10.